The van der Waals surface area contributed by atoms with Crippen molar-refractivity contribution in [1.29, 1.82) is 0 Å². The molecule has 2 heterocycles. The molecule has 8 heteroatoms. The number of carbonyl (C=O) groups is 1. The van der Waals surface area contributed by atoms with Crippen LogP contribution in [-0.2, 0) is 9.53 Å². The van der Waals surface area contributed by atoms with Crippen LogP contribution in [0.25, 0.3) is 6.08 Å². The summed E-state index contributed by atoms with van der Waals surface area (Å²) in [7, 11) is 3.25. The van der Waals surface area contributed by atoms with Crippen molar-refractivity contribution in [2.45, 2.75) is 59.6 Å². The minimum Gasteiger partial charge on any atom is -0.497 e. The lowest BCUT2D eigenvalue weighted by molar-refractivity contribution is -0.143. The molecule has 1 aromatic heterocycles. The fourth-order valence-electron chi connectivity index (χ4n) is 4.63. The quantitative estimate of drug-likeness (QED) is 0.413. The van der Waals surface area contributed by atoms with Crippen LogP contribution in [0.1, 0.15) is 68.8 Å². The largest absolute Gasteiger partial charge is 0.497 e. The number of hydrogen-bond donors (Lipinski definition) is 0. The van der Waals surface area contributed by atoms with Crippen molar-refractivity contribution in [2.24, 2.45) is 4.99 Å². The van der Waals surface area contributed by atoms with Crippen LogP contribution in [0.2, 0.25) is 0 Å². The van der Waals surface area contributed by atoms with Crippen LogP contribution in [0.15, 0.2) is 57.5 Å². The first kappa shape index (κ1) is 27.4. The van der Waals surface area contributed by atoms with Gasteiger partial charge >= 0.3 is 5.97 Å². The van der Waals surface area contributed by atoms with Gasteiger partial charge < -0.3 is 14.2 Å². The maximum Gasteiger partial charge on any atom is 0.338 e. The standard InChI is InChI=1S/C30H34N2O5S/c1-16(2)23-14-21(18(5)12-24(23)36-8)15-25-28(33)32-27(20-10-9-11-22(13-20)35-7)26(29(34)37-17(3)4)19(6)31-30(32)38-25/h9-17,27H,1-8H3/b25-15-/t27-/m1/s1. The van der Waals surface area contributed by atoms with Gasteiger partial charge in [0.2, 0.25) is 0 Å². The highest BCUT2D eigenvalue weighted by Crippen LogP contribution is 2.33. The van der Waals surface area contributed by atoms with E-state index in [-0.39, 0.29) is 17.6 Å². The average Bonchev–Trinajstić information content (AvgIpc) is 3.17. The topological polar surface area (TPSA) is 79.1 Å². The monoisotopic (exact) mass is 534 g/mol. The van der Waals surface area contributed by atoms with Gasteiger partial charge in [-0.1, -0.05) is 37.3 Å². The Morgan fingerprint density at radius 3 is 2.45 bits per heavy atom. The number of hydrogen-bond acceptors (Lipinski definition) is 7. The van der Waals surface area contributed by atoms with Gasteiger partial charge in [0.1, 0.15) is 11.5 Å². The summed E-state index contributed by atoms with van der Waals surface area (Å²) >= 11 is 1.31. The Labute approximate surface area is 226 Å². The molecule has 0 bridgehead atoms. The third-order valence-electron chi connectivity index (χ3n) is 6.52. The second-order valence-electron chi connectivity index (χ2n) is 9.92. The smallest absolute Gasteiger partial charge is 0.338 e. The first-order valence-corrected chi connectivity index (χ1v) is 13.4. The molecular weight excluding hydrogens is 500 g/mol. The van der Waals surface area contributed by atoms with Crippen LogP contribution >= 0.6 is 11.3 Å². The number of benzene rings is 2. The molecule has 3 aromatic rings. The number of carbonyl (C=O) groups excluding carboxylic acids is 1. The molecule has 0 saturated carbocycles. The molecular formula is C30H34N2O5S. The van der Waals surface area contributed by atoms with Crippen molar-refractivity contribution in [2.75, 3.05) is 14.2 Å². The van der Waals surface area contributed by atoms with Crippen molar-refractivity contribution >= 4 is 23.4 Å². The number of methoxy groups -OCH3 is 2. The van der Waals surface area contributed by atoms with Gasteiger partial charge in [-0.15, -0.1) is 0 Å². The molecule has 0 aliphatic carbocycles. The van der Waals surface area contributed by atoms with Crippen LogP contribution < -0.4 is 24.4 Å². The lowest BCUT2D eigenvalue weighted by Crippen LogP contribution is -2.40. The maximum absolute atomic E-state index is 14.0. The highest BCUT2D eigenvalue weighted by molar-refractivity contribution is 7.07. The van der Waals surface area contributed by atoms with Crippen LogP contribution in [0.4, 0.5) is 0 Å². The lowest BCUT2D eigenvalue weighted by atomic mass is 9.95. The molecule has 0 radical (unpaired) electrons. The number of aromatic nitrogens is 1. The first-order valence-electron chi connectivity index (χ1n) is 12.6. The van der Waals surface area contributed by atoms with Gasteiger partial charge in [-0.05, 0) is 86.2 Å². The molecule has 0 saturated heterocycles. The molecule has 0 unspecified atom stereocenters. The second kappa shape index (κ2) is 11.0. The molecule has 0 spiro atoms. The summed E-state index contributed by atoms with van der Waals surface area (Å²) in [6.45, 7) is 11.6. The number of fused-ring (bicyclic) bond motifs is 1. The van der Waals surface area contributed by atoms with Crippen molar-refractivity contribution < 1.29 is 19.0 Å². The van der Waals surface area contributed by atoms with Crippen LogP contribution in [0.3, 0.4) is 0 Å². The van der Waals surface area contributed by atoms with E-state index in [0.717, 1.165) is 28.0 Å². The van der Waals surface area contributed by atoms with Crippen LogP contribution in [-0.4, -0.2) is 30.9 Å². The summed E-state index contributed by atoms with van der Waals surface area (Å²) in [6, 6.07) is 10.8. The zero-order chi connectivity index (χ0) is 27.7. The number of rotatable bonds is 7. The molecule has 0 N–H and O–H groups in total. The Kier molecular flexibility index (Phi) is 7.92. The Hall–Kier alpha value is -3.65. The van der Waals surface area contributed by atoms with Gasteiger partial charge in [0.25, 0.3) is 5.56 Å². The summed E-state index contributed by atoms with van der Waals surface area (Å²) in [5.41, 5.74) is 4.40. The van der Waals surface area contributed by atoms with E-state index in [1.165, 1.54) is 11.3 Å². The van der Waals surface area contributed by atoms with Crippen molar-refractivity contribution in [1.82, 2.24) is 4.57 Å². The zero-order valence-electron chi connectivity index (χ0n) is 23.1. The van der Waals surface area contributed by atoms with E-state index >= 15 is 0 Å². The minimum absolute atomic E-state index is 0.217. The van der Waals surface area contributed by atoms with Crippen molar-refractivity contribution in [3.8, 4) is 11.5 Å². The molecule has 1 aliphatic heterocycles. The summed E-state index contributed by atoms with van der Waals surface area (Å²) < 4.78 is 18.7. The van der Waals surface area contributed by atoms with E-state index < -0.39 is 12.0 Å². The van der Waals surface area contributed by atoms with Crippen molar-refractivity contribution in [3.63, 3.8) is 0 Å². The lowest BCUT2D eigenvalue weighted by Gasteiger charge is -2.25. The molecule has 7 nitrogen and oxygen atoms in total. The number of allylic oxidation sites excluding steroid dienone is 1. The maximum atomic E-state index is 14.0. The Balaban J connectivity index is 1.96. The Morgan fingerprint density at radius 1 is 1.08 bits per heavy atom. The fourth-order valence-corrected chi connectivity index (χ4v) is 5.67. The number of aryl methyl sites for hydroxylation is 1. The Bertz CT molecular complexity index is 1590. The van der Waals surface area contributed by atoms with Crippen LogP contribution in [0, 0.1) is 6.92 Å². The van der Waals surface area contributed by atoms with Crippen molar-refractivity contribution in [3.05, 3.63) is 89.6 Å². The first-order chi connectivity index (χ1) is 18.0. The number of nitrogens with zero attached hydrogens (tertiary/aromatic N) is 2. The van der Waals surface area contributed by atoms with E-state index in [4.69, 9.17) is 14.2 Å². The highest BCUT2D eigenvalue weighted by Gasteiger charge is 2.34. The number of ether oxygens (including phenoxy) is 3. The van der Waals surface area contributed by atoms with Gasteiger partial charge in [0.15, 0.2) is 4.80 Å². The predicted octanol–water partition coefficient (Wildman–Crippen LogP) is 4.64. The van der Waals surface area contributed by atoms with E-state index in [0.29, 0.717) is 26.4 Å². The molecule has 38 heavy (non-hydrogen) atoms. The molecule has 1 atom stereocenters. The Morgan fingerprint density at radius 2 is 1.82 bits per heavy atom. The molecule has 200 valence electrons. The minimum atomic E-state index is -0.696. The van der Waals surface area contributed by atoms with Gasteiger partial charge in [-0.2, -0.15) is 0 Å². The number of thiazole rings is 1. The van der Waals surface area contributed by atoms with Crippen LogP contribution in [0.5, 0.6) is 11.5 Å². The third kappa shape index (κ3) is 5.18. The summed E-state index contributed by atoms with van der Waals surface area (Å²) in [5, 5.41) is 0. The zero-order valence-corrected chi connectivity index (χ0v) is 23.9. The third-order valence-corrected chi connectivity index (χ3v) is 7.50. The summed E-state index contributed by atoms with van der Waals surface area (Å²) in [6.07, 6.45) is 1.59. The SMILES string of the molecule is COc1cccc([C@@H]2C(C(=O)OC(C)C)=C(C)N=c3s/c(=C\c4cc(C(C)C)c(OC)cc4C)c(=O)n32)c1. The van der Waals surface area contributed by atoms with Gasteiger partial charge in [-0.25, -0.2) is 9.79 Å². The van der Waals surface area contributed by atoms with E-state index in [1.54, 1.807) is 39.6 Å². The molecule has 1 aliphatic rings. The number of esters is 1. The summed E-state index contributed by atoms with van der Waals surface area (Å²) in [5.74, 6) is 1.23. The van der Waals surface area contributed by atoms with E-state index in [2.05, 4.69) is 24.9 Å². The highest BCUT2D eigenvalue weighted by atomic mass is 32.1. The van der Waals surface area contributed by atoms with E-state index in [1.807, 2.05) is 43.3 Å². The van der Waals surface area contributed by atoms with Gasteiger partial charge in [-0.3, -0.25) is 9.36 Å². The predicted molar refractivity (Wildman–Crippen MR) is 150 cm³/mol. The van der Waals surface area contributed by atoms with Gasteiger partial charge in [0, 0.05) is 0 Å². The molecule has 2 aromatic carbocycles. The van der Waals surface area contributed by atoms with Gasteiger partial charge in [0.05, 0.1) is 42.2 Å². The average molecular weight is 535 g/mol. The molecule has 4 rings (SSSR count). The second-order valence-corrected chi connectivity index (χ2v) is 10.9. The fraction of sp³-hybridized carbons (Fsp3) is 0.367. The molecule has 0 amide bonds. The normalized spacial score (nSPS) is 15.5. The van der Waals surface area contributed by atoms with E-state index in [9.17, 15) is 9.59 Å². The summed E-state index contributed by atoms with van der Waals surface area (Å²) in [4.78, 5) is 32.4. The molecule has 0 fully saturated rings.